The van der Waals surface area contributed by atoms with E-state index in [4.69, 9.17) is 23.8 Å². The van der Waals surface area contributed by atoms with Gasteiger partial charge in [0.2, 0.25) is 0 Å². The summed E-state index contributed by atoms with van der Waals surface area (Å²) >= 11 is 12.4. The number of hydrazine groups is 1. The molecule has 0 aromatic heterocycles. The number of thiocarbonyl (C=S) groups is 1. The molecule has 3 N–H and O–H groups in total. The first-order chi connectivity index (χ1) is 9.11. The number of hydrogen-bond acceptors (Lipinski definition) is 4. The Bertz CT molecular complexity index is 428. The van der Waals surface area contributed by atoms with Crippen molar-refractivity contribution in [2.45, 2.75) is 4.90 Å². The zero-order valence-corrected chi connectivity index (χ0v) is 12.6. The van der Waals surface area contributed by atoms with E-state index in [1.54, 1.807) is 11.8 Å². The second-order valence-corrected chi connectivity index (χ2v) is 5.31. The van der Waals surface area contributed by atoms with Gasteiger partial charge >= 0.3 is 6.09 Å². The van der Waals surface area contributed by atoms with E-state index in [0.29, 0.717) is 11.7 Å². The van der Waals surface area contributed by atoms with Gasteiger partial charge in [0.15, 0.2) is 5.11 Å². The molecular formula is C11H14ClN3O2S2. The zero-order valence-electron chi connectivity index (χ0n) is 10.2. The predicted octanol–water partition coefficient (Wildman–Crippen LogP) is 2.17. The van der Waals surface area contributed by atoms with Crippen molar-refractivity contribution in [2.75, 3.05) is 19.4 Å². The minimum absolute atomic E-state index is 0.335. The SMILES string of the molecule is COC(=O)NNC(=S)NCCSc1ccc(Cl)cc1. The van der Waals surface area contributed by atoms with Crippen LogP contribution in [0.15, 0.2) is 29.2 Å². The summed E-state index contributed by atoms with van der Waals surface area (Å²) < 4.78 is 4.38. The molecule has 0 radical (unpaired) electrons. The number of carbonyl (C=O) groups is 1. The summed E-state index contributed by atoms with van der Waals surface area (Å²) in [6.07, 6.45) is -0.598. The van der Waals surface area contributed by atoms with Gasteiger partial charge in [0.25, 0.3) is 0 Å². The Morgan fingerprint density at radius 2 is 2.05 bits per heavy atom. The Kier molecular flexibility index (Phi) is 7.39. The lowest BCUT2D eigenvalue weighted by Crippen LogP contribution is -2.47. The number of ether oxygens (including phenoxy) is 1. The molecule has 104 valence electrons. The Labute approximate surface area is 126 Å². The van der Waals surface area contributed by atoms with Gasteiger partial charge in [0.1, 0.15) is 0 Å². The van der Waals surface area contributed by atoms with Gasteiger partial charge in [-0.25, -0.2) is 10.2 Å². The number of carbonyl (C=O) groups excluding carboxylic acids is 1. The van der Waals surface area contributed by atoms with Crippen molar-refractivity contribution in [3.63, 3.8) is 0 Å². The highest BCUT2D eigenvalue weighted by molar-refractivity contribution is 7.99. The predicted molar refractivity (Wildman–Crippen MR) is 81.5 cm³/mol. The van der Waals surface area contributed by atoms with E-state index < -0.39 is 6.09 Å². The van der Waals surface area contributed by atoms with E-state index in [1.165, 1.54) is 7.11 Å². The number of nitrogens with one attached hydrogen (secondary N) is 3. The van der Waals surface area contributed by atoms with Crippen LogP contribution in [-0.2, 0) is 4.74 Å². The molecule has 19 heavy (non-hydrogen) atoms. The fraction of sp³-hybridized carbons (Fsp3) is 0.273. The molecule has 0 aliphatic heterocycles. The highest BCUT2D eigenvalue weighted by Crippen LogP contribution is 2.19. The number of halogens is 1. The second-order valence-electron chi connectivity index (χ2n) is 3.30. The van der Waals surface area contributed by atoms with E-state index in [0.717, 1.165) is 15.7 Å². The second kappa shape index (κ2) is 8.84. The fourth-order valence-electron chi connectivity index (χ4n) is 1.07. The molecule has 0 saturated heterocycles. The van der Waals surface area contributed by atoms with Crippen LogP contribution in [0.1, 0.15) is 0 Å². The van der Waals surface area contributed by atoms with Gasteiger partial charge in [0, 0.05) is 22.2 Å². The highest BCUT2D eigenvalue weighted by atomic mass is 35.5. The molecule has 0 spiro atoms. The van der Waals surface area contributed by atoms with E-state index in [1.807, 2.05) is 24.3 Å². The molecule has 0 heterocycles. The molecule has 0 bridgehead atoms. The van der Waals surface area contributed by atoms with Crippen LogP contribution in [0.3, 0.4) is 0 Å². The van der Waals surface area contributed by atoms with Crippen molar-refractivity contribution in [2.24, 2.45) is 0 Å². The minimum Gasteiger partial charge on any atom is -0.452 e. The van der Waals surface area contributed by atoms with Gasteiger partial charge in [0.05, 0.1) is 7.11 Å². The molecule has 8 heteroatoms. The number of methoxy groups -OCH3 is 1. The maximum atomic E-state index is 10.8. The van der Waals surface area contributed by atoms with Gasteiger partial charge < -0.3 is 10.1 Å². The van der Waals surface area contributed by atoms with E-state index in [-0.39, 0.29) is 0 Å². The first-order valence-electron chi connectivity index (χ1n) is 5.38. The van der Waals surface area contributed by atoms with Gasteiger partial charge in [-0.3, -0.25) is 5.43 Å². The lowest BCUT2D eigenvalue weighted by molar-refractivity contribution is 0.168. The summed E-state index contributed by atoms with van der Waals surface area (Å²) in [5.74, 6) is 0.835. The van der Waals surface area contributed by atoms with Crippen molar-refractivity contribution in [3.8, 4) is 0 Å². The largest absolute Gasteiger partial charge is 0.452 e. The molecule has 0 atom stereocenters. The number of hydrogen-bond donors (Lipinski definition) is 3. The molecule has 1 aromatic carbocycles. The van der Waals surface area contributed by atoms with Crippen LogP contribution in [-0.4, -0.2) is 30.6 Å². The molecule has 0 unspecified atom stereocenters. The normalized spacial score (nSPS) is 9.58. The smallest absolute Gasteiger partial charge is 0.425 e. The topological polar surface area (TPSA) is 62.4 Å². The monoisotopic (exact) mass is 319 g/mol. The Morgan fingerprint density at radius 3 is 2.68 bits per heavy atom. The summed E-state index contributed by atoms with van der Waals surface area (Å²) in [7, 11) is 1.27. The van der Waals surface area contributed by atoms with E-state index in [9.17, 15) is 4.79 Å². The lowest BCUT2D eigenvalue weighted by Gasteiger charge is -2.10. The fourth-order valence-corrected chi connectivity index (χ4v) is 2.11. The van der Waals surface area contributed by atoms with Crippen molar-refractivity contribution < 1.29 is 9.53 Å². The van der Waals surface area contributed by atoms with Gasteiger partial charge in [-0.05, 0) is 36.5 Å². The van der Waals surface area contributed by atoms with Crippen molar-refractivity contribution in [3.05, 3.63) is 29.3 Å². The van der Waals surface area contributed by atoms with Gasteiger partial charge in [-0.2, -0.15) is 0 Å². The highest BCUT2D eigenvalue weighted by Gasteiger charge is 1.99. The van der Waals surface area contributed by atoms with E-state index >= 15 is 0 Å². The van der Waals surface area contributed by atoms with Crippen LogP contribution in [0, 0.1) is 0 Å². The number of thioether (sulfide) groups is 1. The van der Waals surface area contributed by atoms with Crippen LogP contribution in [0.5, 0.6) is 0 Å². The third-order valence-electron chi connectivity index (χ3n) is 1.93. The number of amides is 1. The third-order valence-corrected chi connectivity index (χ3v) is 3.45. The quantitative estimate of drug-likeness (QED) is 0.342. The average molecular weight is 320 g/mol. The number of rotatable bonds is 4. The molecular weight excluding hydrogens is 306 g/mol. The molecule has 0 aliphatic carbocycles. The first kappa shape index (κ1) is 15.9. The summed E-state index contributed by atoms with van der Waals surface area (Å²) in [6.45, 7) is 0.669. The molecule has 0 aliphatic rings. The molecule has 0 fully saturated rings. The van der Waals surface area contributed by atoms with Crippen LogP contribution < -0.4 is 16.2 Å². The van der Waals surface area contributed by atoms with Gasteiger partial charge in [-0.15, -0.1) is 11.8 Å². The maximum absolute atomic E-state index is 10.8. The Morgan fingerprint density at radius 1 is 1.37 bits per heavy atom. The third kappa shape index (κ3) is 7.09. The molecule has 1 amide bonds. The van der Waals surface area contributed by atoms with E-state index in [2.05, 4.69) is 20.9 Å². The summed E-state index contributed by atoms with van der Waals surface area (Å²) in [5.41, 5.74) is 4.77. The van der Waals surface area contributed by atoms with Crippen molar-refractivity contribution in [1.82, 2.24) is 16.2 Å². The number of benzene rings is 1. The van der Waals surface area contributed by atoms with Gasteiger partial charge in [-0.1, -0.05) is 11.6 Å². The van der Waals surface area contributed by atoms with Crippen LogP contribution in [0.4, 0.5) is 4.79 Å². The molecule has 1 rings (SSSR count). The van der Waals surface area contributed by atoms with Crippen molar-refractivity contribution in [1.29, 1.82) is 0 Å². The summed E-state index contributed by atoms with van der Waals surface area (Å²) in [5, 5.41) is 4.01. The maximum Gasteiger partial charge on any atom is 0.425 e. The van der Waals surface area contributed by atoms with Crippen LogP contribution in [0.25, 0.3) is 0 Å². The Hall–Kier alpha value is -1.18. The molecule has 0 saturated carbocycles. The summed E-state index contributed by atoms with van der Waals surface area (Å²) in [6, 6.07) is 7.62. The zero-order chi connectivity index (χ0) is 14.1. The lowest BCUT2D eigenvalue weighted by atomic mass is 10.4. The molecule has 1 aromatic rings. The van der Waals surface area contributed by atoms with Crippen LogP contribution in [0.2, 0.25) is 5.02 Å². The molecule has 5 nitrogen and oxygen atoms in total. The van der Waals surface area contributed by atoms with Crippen LogP contribution >= 0.6 is 35.6 Å². The Balaban J connectivity index is 2.11. The summed E-state index contributed by atoms with van der Waals surface area (Å²) in [4.78, 5) is 11.9. The minimum atomic E-state index is -0.598. The van der Waals surface area contributed by atoms with Crippen molar-refractivity contribution >= 4 is 46.8 Å². The first-order valence-corrected chi connectivity index (χ1v) is 7.15. The average Bonchev–Trinajstić information content (AvgIpc) is 2.42. The standard InChI is InChI=1S/C11H14ClN3O2S2/c1-17-11(16)15-14-10(18)13-6-7-19-9-4-2-8(12)3-5-9/h2-5H,6-7H2,1H3,(H,15,16)(H2,13,14,18).